The molecule has 27 heavy (non-hydrogen) atoms. The zero-order valence-electron chi connectivity index (χ0n) is 14.9. The summed E-state index contributed by atoms with van der Waals surface area (Å²) in [7, 11) is 1.86. The van der Waals surface area contributed by atoms with Gasteiger partial charge in [0.05, 0.1) is 11.6 Å². The Hall–Kier alpha value is -2.68. The van der Waals surface area contributed by atoms with E-state index in [0.29, 0.717) is 31.9 Å². The molecule has 2 aromatic heterocycles. The van der Waals surface area contributed by atoms with Crippen molar-refractivity contribution in [2.45, 2.75) is 0 Å². The van der Waals surface area contributed by atoms with Gasteiger partial charge in [-0.25, -0.2) is 9.97 Å². The molecule has 0 saturated carbocycles. The Labute approximate surface area is 164 Å². The molecule has 0 atom stereocenters. The van der Waals surface area contributed by atoms with Crippen LogP contribution in [0.25, 0.3) is 11.0 Å². The largest absolute Gasteiger partial charge is 0.484 e. The highest BCUT2D eigenvalue weighted by Crippen LogP contribution is 2.23. The first kappa shape index (κ1) is 17.7. The molecular formula is C18H19BrN6O2. The van der Waals surface area contributed by atoms with Crippen molar-refractivity contribution in [3.05, 3.63) is 41.3 Å². The predicted molar refractivity (Wildman–Crippen MR) is 105 cm³/mol. The molecule has 0 unspecified atom stereocenters. The van der Waals surface area contributed by atoms with Gasteiger partial charge in [-0.1, -0.05) is 15.9 Å². The van der Waals surface area contributed by atoms with E-state index in [4.69, 9.17) is 4.74 Å². The zero-order valence-corrected chi connectivity index (χ0v) is 16.5. The lowest BCUT2D eigenvalue weighted by atomic mass is 10.2. The molecular weight excluding hydrogens is 412 g/mol. The minimum absolute atomic E-state index is 0.00761. The molecule has 0 spiro atoms. The van der Waals surface area contributed by atoms with Crippen molar-refractivity contribution in [1.29, 1.82) is 0 Å². The maximum absolute atomic E-state index is 12.4. The van der Waals surface area contributed by atoms with E-state index in [9.17, 15) is 4.79 Å². The number of anilines is 1. The fourth-order valence-corrected chi connectivity index (χ4v) is 3.40. The minimum atomic E-state index is -0.00761. The normalized spacial score (nSPS) is 14.6. The molecule has 3 aromatic rings. The number of fused-ring (bicyclic) bond motifs is 1. The SMILES string of the molecule is Cn1ncc2c(N3CCN(C(=O)COc4ccc(Br)cc4)CC3)ncnc21. The van der Waals surface area contributed by atoms with Gasteiger partial charge in [0.1, 0.15) is 17.9 Å². The summed E-state index contributed by atoms with van der Waals surface area (Å²) >= 11 is 3.38. The number of aryl methyl sites for hydroxylation is 1. The summed E-state index contributed by atoms with van der Waals surface area (Å²) < 4.78 is 8.30. The molecule has 1 aliphatic rings. The molecule has 0 bridgehead atoms. The van der Waals surface area contributed by atoms with Crippen LogP contribution in [-0.4, -0.2) is 63.3 Å². The average molecular weight is 431 g/mol. The Bertz CT molecular complexity index is 950. The van der Waals surface area contributed by atoms with Crippen LogP contribution >= 0.6 is 15.9 Å². The molecule has 140 valence electrons. The number of amides is 1. The van der Waals surface area contributed by atoms with Crippen molar-refractivity contribution in [2.24, 2.45) is 7.05 Å². The van der Waals surface area contributed by atoms with Crippen LogP contribution < -0.4 is 9.64 Å². The van der Waals surface area contributed by atoms with Gasteiger partial charge in [-0.3, -0.25) is 9.48 Å². The maximum atomic E-state index is 12.4. The second-order valence-electron chi connectivity index (χ2n) is 6.31. The first-order valence-electron chi connectivity index (χ1n) is 8.65. The lowest BCUT2D eigenvalue weighted by Crippen LogP contribution is -2.50. The number of carbonyl (C=O) groups is 1. The molecule has 1 aromatic carbocycles. The predicted octanol–water partition coefficient (Wildman–Crippen LogP) is 1.85. The lowest BCUT2D eigenvalue weighted by molar-refractivity contribution is -0.133. The summed E-state index contributed by atoms with van der Waals surface area (Å²) in [5, 5.41) is 5.19. The number of benzene rings is 1. The standard InChI is InChI=1S/C18H19BrN6O2/c1-23-17-15(10-22-23)18(21-12-20-17)25-8-6-24(7-9-25)16(26)11-27-14-4-2-13(19)3-5-14/h2-5,10,12H,6-9,11H2,1H3. The van der Waals surface area contributed by atoms with Crippen LogP contribution in [0.4, 0.5) is 5.82 Å². The summed E-state index contributed by atoms with van der Waals surface area (Å²) in [4.78, 5) is 25.1. The van der Waals surface area contributed by atoms with Crippen molar-refractivity contribution in [1.82, 2.24) is 24.6 Å². The van der Waals surface area contributed by atoms with Crippen molar-refractivity contribution in [2.75, 3.05) is 37.7 Å². The monoisotopic (exact) mass is 430 g/mol. The van der Waals surface area contributed by atoms with E-state index >= 15 is 0 Å². The van der Waals surface area contributed by atoms with E-state index in [1.54, 1.807) is 17.2 Å². The van der Waals surface area contributed by atoms with E-state index in [1.807, 2.05) is 36.2 Å². The van der Waals surface area contributed by atoms with Gasteiger partial charge in [0, 0.05) is 37.7 Å². The zero-order chi connectivity index (χ0) is 18.8. The fraction of sp³-hybridized carbons (Fsp3) is 0.333. The number of ether oxygens (including phenoxy) is 1. The average Bonchev–Trinajstić information content (AvgIpc) is 3.09. The molecule has 1 amide bonds. The number of halogens is 1. The highest BCUT2D eigenvalue weighted by atomic mass is 79.9. The third kappa shape index (κ3) is 3.73. The van der Waals surface area contributed by atoms with Crippen LogP contribution in [0.15, 0.2) is 41.3 Å². The number of hydrogen-bond donors (Lipinski definition) is 0. The second kappa shape index (κ2) is 7.51. The summed E-state index contributed by atoms with van der Waals surface area (Å²) in [6.07, 6.45) is 3.34. The third-order valence-electron chi connectivity index (χ3n) is 4.62. The maximum Gasteiger partial charge on any atom is 0.260 e. The van der Waals surface area contributed by atoms with E-state index in [0.717, 1.165) is 21.3 Å². The van der Waals surface area contributed by atoms with E-state index in [-0.39, 0.29) is 12.5 Å². The van der Waals surface area contributed by atoms with Gasteiger partial charge < -0.3 is 14.5 Å². The number of hydrogen-bond acceptors (Lipinski definition) is 6. The van der Waals surface area contributed by atoms with Gasteiger partial charge in [-0.15, -0.1) is 0 Å². The first-order valence-corrected chi connectivity index (χ1v) is 9.45. The van der Waals surface area contributed by atoms with Crippen molar-refractivity contribution < 1.29 is 9.53 Å². The highest BCUT2D eigenvalue weighted by molar-refractivity contribution is 9.10. The van der Waals surface area contributed by atoms with Crippen LogP contribution in [0.5, 0.6) is 5.75 Å². The Kier molecular flexibility index (Phi) is 4.93. The van der Waals surface area contributed by atoms with Crippen molar-refractivity contribution >= 4 is 38.7 Å². The minimum Gasteiger partial charge on any atom is -0.484 e. The summed E-state index contributed by atoms with van der Waals surface area (Å²) in [5.74, 6) is 1.54. The van der Waals surface area contributed by atoms with Crippen molar-refractivity contribution in [3.63, 3.8) is 0 Å². The van der Waals surface area contributed by atoms with Crippen LogP contribution in [0, 0.1) is 0 Å². The Morgan fingerprint density at radius 1 is 1.15 bits per heavy atom. The fourth-order valence-electron chi connectivity index (χ4n) is 3.14. The topological polar surface area (TPSA) is 76.4 Å². The molecule has 0 aliphatic carbocycles. The second-order valence-corrected chi connectivity index (χ2v) is 7.23. The third-order valence-corrected chi connectivity index (χ3v) is 5.14. The molecule has 4 rings (SSSR count). The molecule has 9 heteroatoms. The van der Waals surface area contributed by atoms with Gasteiger partial charge in [-0.2, -0.15) is 5.10 Å². The van der Waals surface area contributed by atoms with Gasteiger partial charge in [0.2, 0.25) is 0 Å². The van der Waals surface area contributed by atoms with Crippen LogP contribution in [-0.2, 0) is 11.8 Å². The summed E-state index contributed by atoms with van der Waals surface area (Å²) in [6.45, 7) is 2.74. The van der Waals surface area contributed by atoms with Crippen molar-refractivity contribution in [3.8, 4) is 5.75 Å². The molecule has 1 fully saturated rings. The van der Waals surface area contributed by atoms with Gasteiger partial charge in [-0.05, 0) is 24.3 Å². The molecule has 1 aliphatic heterocycles. The lowest BCUT2D eigenvalue weighted by Gasteiger charge is -2.35. The Morgan fingerprint density at radius 2 is 1.89 bits per heavy atom. The van der Waals surface area contributed by atoms with E-state index < -0.39 is 0 Å². The number of piperazine rings is 1. The Balaban J connectivity index is 1.35. The van der Waals surface area contributed by atoms with Crippen LogP contribution in [0.3, 0.4) is 0 Å². The van der Waals surface area contributed by atoms with Crippen LogP contribution in [0.1, 0.15) is 0 Å². The Morgan fingerprint density at radius 3 is 2.63 bits per heavy atom. The van der Waals surface area contributed by atoms with E-state index in [2.05, 4.69) is 35.9 Å². The number of carbonyl (C=O) groups excluding carboxylic acids is 1. The summed E-state index contributed by atoms with van der Waals surface area (Å²) in [6, 6.07) is 7.45. The van der Waals surface area contributed by atoms with Gasteiger partial charge in [0.25, 0.3) is 5.91 Å². The molecule has 1 saturated heterocycles. The smallest absolute Gasteiger partial charge is 0.260 e. The highest BCUT2D eigenvalue weighted by Gasteiger charge is 2.24. The quantitative estimate of drug-likeness (QED) is 0.628. The van der Waals surface area contributed by atoms with Gasteiger partial charge >= 0.3 is 0 Å². The molecule has 0 radical (unpaired) electrons. The number of aromatic nitrogens is 4. The molecule has 8 nitrogen and oxygen atoms in total. The summed E-state index contributed by atoms with van der Waals surface area (Å²) in [5.41, 5.74) is 0.807. The van der Waals surface area contributed by atoms with Crippen LogP contribution in [0.2, 0.25) is 0 Å². The molecule has 3 heterocycles. The first-order chi connectivity index (χ1) is 13.1. The van der Waals surface area contributed by atoms with E-state index in [1.165, 1.54) is 0 Å². The van der Waals surface area contributed by atoms with Gasteiger partial charge in [0.15, 0.2) is 12.3 Å². The number of nitrogens with zero attached hydrogens (tertiary/aromatic N) is 6. The number of rotatable bonds is 4. The molecule has 0 N–H and O–H groups in total.